The zero-order valence-corrected chi connectivity index (χ0v) is 10.8. The van der Waals surface area contributed by atoms with E-state index >= 15 is 0 Å². The number of benzene rings is 2. The van der Waals surface area contributed by atoms with Crippen molar-refractivity contribution in [2.75, 3.05) is 11.1 Å². The monoisotopic (exact) mass is 276 g/mol. The summed E-state index contributed by atoms with van der Waals surface area (Å²) in [5, 5.41) is 12.1. The van der Waals surface area contributed by atoms with Crippen LogP contribution in [0.2, 0.25) is 5.02 Å². The van der Waals surface area contributed by atoms with Gasteiger partial charge in [-0.1, -0.05) is 23.7 Å². The number of rotatable bonds is 3. The molecule has 4 nitrogen and oxygen atoms in total. The van der Waals surface area contributed by atoms with Crippen LogP contribution in [0.25, 0.3) is 0 Å². The summed E-state index contributed by atoms with van der Waals surface area (Å²) >= 11 is 5.84. The van der Waals surface area contributed by atoms with Crippen LogP contribution >= 0.6 is 11.6 Å². The predicted molar refractivity (Wildman–Crippen MR) is 76.2 cm³/mol. The Labute approximate surface area is 115 Å². The zero-order valence-electron chi connectivity index (χ0n) is 10.1. The zero-order chi connectivity index (χ0) is 13.8. The lowest BCUT2D eigenvalue weighted by molar-refractivity contribution is 0.102. The molecule has 98 valence electrons. The molecule has 5 heteroatoms. The molecule has 0 saturated heterocycles. The van der Waals surface area contributed by atoms with Crippen molar-refractivity contribution in [3.05, 3.63) is 58.6 Å². The number of aliphatic hydroxyl groups is 1. The maximum atomic E-state index is 12.0. The fourth-order valence-corrected chi connectivity index (χ4v) is 1.79. The molecule has 2 rings (SSSR count). The van der Waals surface area contributed by atoms with Gasteiger partial charge < -0.3 is 16.2 Å². The normalized spacial score (nSPS) is 10.2. The minimum Gasteiger partial charge on any atom is -0.398 e. The van der Waals surface area contributed by atoms with Gasteiger partial charge in [-0.05, 0) is 35.9 Å². The van der Waals surface area contributed by atoms with Crippen LogP contribution in [0.3, 0.4) is 0 Å². The summed E-state index contributed by atoms with van der Waals surface area (Å²) in [4.78, 5) is 12.0. The first kappa shape index (κ1) is 13.4. The van der Waals surface area contributed by atoms with Crippen molar-refractivity contribution in [1.29, 1.82) is 0 Å². The molecule has 0 fully saturated rings. The Kier molecular flexibility index (Phi) is 4.04. The maximum absolute atomic E-state index is 12.0. The Morgan fingerprint density at radius 3 is 2.53 bits per heavy atom. The molecule has 1 amide bonds. The van der Waals surface area contributed by atoms with Crippen molar-refractivity contribution in [3.63, 3.8) is 0 Å². The highest BCUT2D eigenvalue weighted by molar-refractivity contribution is 6.31. The maximum Gasteiger partial charge on any atom is 0.257 e. The van der Waals surface area contributed by atoms with Crippen LogP contribution < -0.4 is 11.1 Å². The molecule has 0 heterocycles. The molecule has 0 aliphatic heterocycles. The van der Waals surface area contributed by atoms with Crippen LogP contribution in [-0.4, -0.2) is 11.0 Å². The highest BCUT2D eigenvalue weighted by Crippen LogP contribution is 2.19. The molecule has 0 aromatic heterocycles. The quantitative estimate of drug-likeness (QED) is 0.755. The van der Waals surface area contributed by atoms with Gasteiger partial charge in [0.05, 0.1) is 12.2 Å². The van der Waals surface area contributed by atoms with Crippen LogP contribution in [0.1, 0.15) is 15.9 Å². The second-order valence-corrected chi connectivity index (χ2v) is 4.48. The molecule has 2 aromatic rings. The van der Waals surface area contributed by atoms with E-state index in [1.165, 1.54) is 6.07 Å². The van der Waals surface area contributed by atoms with Gasteiger partial charge in [0.2, 0.25) is 0 Å². The third-order valence-corrected chi connectivity index (χ3v) is 2.89. The molecule has 0 atom stereocenters. The van der Waals surface area contributed by atoms with Gasteiger partial charge in [0.15, 0.2) is 0 Å². The van der Waals surface area contributed by atoms with Crippen LogP contribution in [-0.2, 0) is 6.61 Å². The second-order valence-electron chi connectivity index (χ2n) is 4.04. The molecule has 0 aliphatic carbocycles. The summed E-state index contributed by atoms with van der Waals surface area (Å²) in [6.45, 7) is -0.0323. The Hall–Kier alpha value is -2.04. The van der Waals surface area contributed by atoms with Gasteiger partial charge in [0.25, 0.3) is 5.91 Å². The number of anilines is 2. The Balaban J connectivity index is 2.18. The minimum atomic E-state index is -0.322. The first-order valence-corrected chi connectivity index (χ1v) is 6.04. The minimum absolute atomic E-state index is 0.0323. The summed E-state index contributed by atoms with van der Waals surface area (Å²) in [7, 11) is 0. The van der Waals surface area contributed by atoms with Crippen LogP contribution in [0.4, 0.5) is 11.4 Å². The van der Waals surface area contributed by atoms with Crippen molar-refractivity contribution in [2.45, 2.75) is 6.61 Å². The summed E-state index contributed by atoms with van der Waals surface area (Å²) in [6.07, 6.45) is 0. The number of nitrogens with one attached hydrogen (secondary N) is 1. The third kappa shape index (κ3) is 3.24. The first-order chi connectivity index (χ1) is 9.10. The third-order valence-electron chi connectivity index (χ3n) is 2.65. The van der Waals surface area contributed by atoms with Gasteiger partial charge >= 0.3 is 0 Å². The van der Waals surface area contributed by atoms with E-state index in [0.717, 1.165) is 5.56 Å². The molecule has 0 bridgehead atoms. The topological polar surface area (TPSA) is 75.4 Å². The van der Waals surface area contributed by atoms with Gasteiger partial charge in [-0.2, -0.15) is 0 Å². The molecular formula is C14H13ClN2O2. The summed E-state index contributed by atoms with van der Waals surface area (Å²) in [5.74, 6) is -0.322. The first-order valence-electron chi connectivity index (χ1n) is 5.66. The average molecular weight is 277 g/mol. The number of amides is 1. The standard InChI is InChI=1S/C14H13ClN2O2/c15-10-3-6-13(16)12(7-10)14(19)17-11-4-1-9(8-18)2-5-11/h1-7,18H,8,16H2,(H,17,19). The largest absolute Gasteiger partial charge is 0.398 e. The molecular weight excluding hydrogens is 264 g/mol. The fourth-order valence-electron chi connectivity index (χ4n) is 1.62. The van der Waals surface area contributed by atoms with Gasteiger partial charge in [-0.25, -0.2) is 0 Å². The molecule has 0 unspecified atom stereocenters. The smallest absolute Gasteiger partial charge is 0.257 e. The van der Waals surface area contributed by atoms with Crippen molar-refractivity contribution >= 4 is 28.9 Å². The van der Waals surface area contributed by atoms with E-state index < -0.39 is 0 Å². The average Bonchev–Trinajstić information content (AvgIpc) is 2.42. The van der Waals surface area contributed by atoms with E-state index in [-0.39, 0.29) is 12.5 Å². The molecule has 0 saturated carbocycles. The lowest BCUT2D eigenvalue weighted by Gasteiger charge is -2.08. The van der Waals surface area contributed by atoms with Crippen molar-refractivity contribution in [2.24, 2.45) is 0 Å². The second kappa shape index (κ2) is 5.73. The molecule has 0 aliphatic rings. The highest BCUT2D eigenvalue weighted by atomic mass is 35.5. The fraction of sp³-hybridized carbons (Fsp3) is 0.0714. The van der Waals surface area contributed by atoms with E-state index in [1.54, 1.807) is 36.4 Å². The molecule has 0 spiro atoms. The number of hydrogen-bond acceptors (Lipinski definition) is 3. The van der Waals surface area contributed by atoms with Crippen molar-refractivity contribution < 1.29 is 9.90 Å². The number of hydrogen-bond donors (Lipinski definition) is 3. The van der Waals surface area contributed by atoms with E-state index in [2.05, 4.69) is 5.32 Å². The summed E-state index contributed by atoms with van der Waals surface area (Å²) in [5.41, 5.74) is 7.84. The molecule has 2 aromatic carbocycles. The van der Waals surface area contributed by atoms with E-state index in [4.69, 9.17) is 22.4 Å². The highest BCUT2D eigenvalue weighted by Gasteiger charge is 2.10. The Morgan fingerprint density at radius 1 is 1.21 bits per heavy atom. The molecule has 0 radical (unpaired) electrons. The molecule has 19 heavy (non-hydrogen) atoms. The number of aliphatic hydroxyl groups excluding tert-OH is 1. The number of nitrogen functional groups attached to an aromatic ring is 1. The predicted octanol–water partition coefficient (Wildman–Crippen LogP) is 2.67. The van der Waals surface area contributed by atoms with Gasteiger partial charge in [0, 0.05) is 16.4 Å². The lowest BCUT2D eigenvalue weighted by atomic mass is 10.1. The number of carbonyl (C=O) groups excluding carboxylic acids is 1. The number of halogens is 1. The lowest BCUT2D eigenvalue weighted by Crippen LogP contribution is -2.14. The van der Waals surface area contributed by atoms with Gasteiger partial charge in [0.1, 0.15) is 0 Å². The Morgan fingerprint density at radius 2 is 1.89 bits per heavy atom. The van der Waals surface area contributed by atoms with Crippen LogP contribution in [0.5, 0.6) is 0 Å². The van der Waals surface area contributed by atoms with Crippen LogP contribution in [0, 0.1) is 0 Å². The van der Waals surface area contributed by atoms with E-state index in [9.17, 15) is 4.79 Å². The van der Waals surface area contributed by atoms with Crippen molar-refractivity contribution in [1.82, 2.24) is 0 Å². The number of nitrogens with two attached hydrogens (primary N) is 1. The van der Waals surface area contributed by atoms with Gasteiger partial charge in [-0.15, -0.1) is 0 Å². The Bertz CT molecular complexity index is 597. The number of carbonyl (C=O) groups is 1. The molecule has 4 N–H and O–H groups in total. The van der Waals surface area contributed by atoms with Crippen LogP contribution in [0.15, 0.2) is 42.5 Å². The summed E-state index contributed by atoms with van der Waals surface area (Å²) in [6, 6.07) is 11.6. The van der Waals surface area contributed by atoms with Crippen molar-refractivity contribution in [3.8, 4) is 0 Å². The van der Waals surface area contributed by atoms with E-state index in [1.807, 2.05) is 0 Å². The SMILES string of the molecule is Nc1ccc(Cl)cc1C(=O)Nc1ccc(CO)cc1. The van der Waals surface area contributed by atoms with E-state index in [0.29, 0.717) is 22.0 Å². The van der Waals surface area contributed by atoms with Gasteiger partial charge in [-0.3, -0.25) is 4.79 Å². The summed E-state index contributed by atoms with van der Waals surface area (Å²) < 4.78 is 0.